The van der Waals surface area contributed by atoms with Crippen LogP contribution in [0.5, 0.6) is 0 Å². The van der Waals surface area contributed by atoms with Gasteiger partial charge in [0.2, 0.25) is 0 Å². The summed E-state index contributed by atoms with van der Waals surface area (Å²) in [6, 6.07) is 8.39. The fourth-order valence-electron chi connectivity index (χ4n) is 3.60. The summed E-state index contributed by atoms with van der Waals surface area (Å²) in [5.41, 5.74) is 2.10. The van der Waals surface area contributed by atoms with Crippen molar-refractivity contribution in [3.8, 4) is 6.07 Å². The van der Waals surface area contributed by atoms with E-state index in [-0.39, 0.29) is 5.91 Å². The highest BCUT2D eigenvalue weighted by Gasteiger charge is 2.40. The van der Waals surface area contributed by atoms with Crippen LogP contribution in [-0.2, 0) is 0 Å². The minimum absolute atomic E-state index is 0.0262. The van der Waals surface area contributed by atoms with Gasteiger partial charge in [0.15, 0.2) is 0 Å². The number of rotatable bonds is 2. The number of carbonyl (C=O) groups excluding carboxylic acids is 1. The van der Waals surface area contributed by atoms with Gasteiger partial charge in [-0.3, -0.25) is 4.79 Å². The van der Waals surface area contributed by atoms with E-state index < -0.39 is 0 Å². The maximum Gasteiger partial charge on any atom is 0.253 e. The molecule has 1 saturated heterocycles. The largest absolute Gasteiger partial charge is 0.349 e. The molecular formula is C16H16N4O. The molecule has 3 unspecified atom stereocenters. The first kappa shape index (κ1) is 12.4. The number of nitriles is 1. The van der Waals surface area contributed by atoms with Crippen molar-refractivity contribution in [3.63, 3.8) is 0 Å². The van der Waals surface area contributed by atoms with Gasteiger partial charge in [-0.15, -0.1) is 0 Å². The molecule has 5 heteroatoms. The van der Waals surface area contributed by atoms with Crippen molar-refractivity contribution in [2.45, 2.75) is 24.9 Å². The fourth-order valence-corrected chi connectivity index (χ4v) is 3.60. The van der Waals surface area contributed by atoms with Crippen molar-refractivity contribution >= 4 is 11.4 Å². The van der Waals surface area contributed by atoms with E-state index in [0.29, 0.717) is 29.1 Å². The highest BCUT2D eigenvalue weighted by atomic mass is 16.1. The van der Waals surface area contributed by atoms with Crippen LogP contribution in [0.25, 0.3) is 5.52 Å². The van der Waals surface area contributed by atoms with Gasteiger partial charge in [-0.05, 0) is 37.0 Å². The number of aromatic nitrogens is 1. The maximum absolute atomic E-state index is 12.4. The molecule has 106 valence electrons. The lowest BCUT2D eigenvalue weighted by atomic mass is 10.0. The summed E-state index contributed by atoms with van der Waals surface area (Å²) in [5.74, 6) is 0.543. The molecule has 5 nitrogen and oxygen atoms in total. The molecule has 0 radical (unpaired) electrons. The van der Waals surface area contributed by atoms with E-state index in [1.807, 2.05) is 16.7 Å². The SMILES string of the molecule is N#Cc1ccn2cc(C(=O)NC3CC4CC3CN4)ccc12. The molecule has 21 heavy (non-hydrogen) atoms. The standard InChI is InChI=1S/C16H16N4O/c17-7-10-3-4-20-9-11(1-2-15(10)20)16(21)19-14-6-13-5-12(14)8-18-13/h1-4,9,12-14,18H,5-6,8H2,(H,19,21). The summed E-state index contributed by atoms with van der Waals surface area (Å²) < 4.78 is 1.83. The lowest BCUT2D eigenvalue weighted by molar-refractivity contribution is 0.0924. The molecule has 4 rings (SSSR count). The van der Waals surface area contributed by atoms with Crippen molar-refractivity contribution in [3.05, 3.63) is 41.7 Å². The number of carbonyl (C=O) groups is 1. The third-order valence-corrected chi connectivity index (χ3v) is 4.72. The zero-order chi connectivity index (χ0) is 14.4. The molecule has 0 spiro atoms. The second-order valence-corrected chi connectivity index (χ2v) is 5.97. The Balaban J connectivity index is 1.55. The van der Waals surface area contributed by atoms with Gasteiger partial charge in [-0.1, -0.05) is 0 Å². The van der Waals surface area contributed by atoms with Crippen LogP contribution in [0.1, 0.15) is 28.8 Å². The highest BCUT2D eigenvalue weighted by Crippen LogP contribution is 2.31. The molecule has 2 aromatic heterocycles. The van der Waals surface area contributed by atoms with Gasteiger partial charge in [0.05, 0.1) is 16.6 Å². The summed E-state index contributed by atoms with van der Waals surface area (Å²) in [5, 5.41) is 15.6. The number of piperidine rings is 1. The van der Waals surface area contributed by atoms with Crippen LogP contribution in [0.3, 0.4) is 0 Å². The molecule has 3 heterocycles. The first-order valence-corrected chi connectivity index (χ1v) is 7.29. The van der Waals surface area contributed by atoms with E-state index >= 15 is 0 Å². The number of hydrogen-bond donors (Lipinski definition) is 2. The predicted octanol–water partition coefficient (Wildman–Crippen LogP) is 1.29. The summed E-state index contributed by atoms with van der Waals surface area (Å²) in [7, 11) is 0. The van der Waals surface area contributed by atoms with Crippen molar-refractivity contribution in [1.29, 1.82) is 5.26 Å². The number of amides is 1. The smallest absolute Gasteiger partial charge is 0.253 e. The number of fused-ring (bicyclic) bond motifs is 3. The quantitative estimate of drug-likeness (QED) is 0.871. The van der Waals surface area contributed by atoms with Crippen molar-refractivity contribution in [2.75, 3.05) is 6.54 Å². The molecule has 2 aliphatic rings. The minimum atomic E-state index is -0.0262. The highest BCUT2D eigenvalue weighted by molar-refractivity contribution is 5.94. The molecule has 3 atom stereocenters. The third kappa shape index (κ3) is 1.99. The van der Waals surface area contributed by atoms with Crippen LogP contribution in [0.15, 0.2) is 30.6 Å². The lowest BCUT2D eigenvalue weighted by Gasteiger charge is -2.23. The first-order valence-electron chi connectivity index (χ1n) is 7.29. The van der Waals surface area contributed by atoms with E-state index in [1.165, 1.54) is 6.42 Å². The Morgan fingerprint density at radius 3 is 3.00 bits per heavy atom. The summed E-state index contributed by atoms with van der Waals surface area (Å²) >= 11 is 0. The van der Waals surface area contributed by atoms with Crippen LogP contribution in [0, 0.1) is 17.2 Å². The van der Waals surface area contributed by atoms with Crippen LogP contribution in [-0.4, -0.2) is 28.9 Å². The van der Waals surface area contributed by atoms with Gasteiger partial charge in [-0.25, -0.2) is 0 Å². The van der Waals surface area contributed by atoms with Crippen molar-refractivity contribution in [2.24, 2.45) is 5.92 Å². The molecule has 2 aromatic rings. The Bertz CT molecular complexity index is 757. The second kappa shape index (κ2) is 4.61. The van der Waals surface area contributed by atoms with Crippen LogP contribution in [0.2, 0.25) is 0 Å². The Kier molecular flexibility index (Phi) is 2.72. The van der Waals surface area contributed by atoms with Gasteiger partial charge in [0.25, 0.3) is 5.91 Å². The fraction of sp³-hybridized carbons (Fsp3) is 0.375. The molecule has 1 aliphatic heterocycles. The topological polar surface area (TPSA) is 69.3 Å². The maximum atomic E-state index is 12.4. The van der Waals surface area contributed by atoms with E-state index in [0.717, 1.165) is 18.5 Å². The summed E-state index contributed by atoms with van der Waals surface area (Å²) in [6.45, 7) is 1.01. The van der Waals surface area contributed by atoms with Gasteiger partial charge < -0.3 is 15.0 Å². The molecule has 1 amide bonds. The van der Waals surface area contributed by atoms with Gasteiger partial charge in [0, 0.05) is 31.0 Å². The molecule has 1 saturated carbocycles. The lowest BCUT2D eigenvalue weighted by Crippen LogP contribution is -2.44. The average molecular weight is 280 g/mol. The number of nitrogens with one attached hydrogen (secondary N) is 2. The Morgan fingerprint density at radius 2 is 2.29 bits per heavy atom. The van der Waals surface area contributed by atoms with Crippen LogP contribution < -0.4 is 10.6 Å². The van der Waals surface area contributed by atoms with Crippen molar-refractivity contribution < 1.29 is 4.79 Å². The zero-order valence-corrected chi connectivity index (χ0v) is 11.5. The predicted molar refractivity (Wildman–Crippen MR) is 77.9 cm³/mol. The van der Waals surface area contributed by atoms with Crippen LogP contribution >= 0.6 is 0 Å². The minimum Gasteiger partial charge on any atom is -0.349 e. The van der Waals surface area contributed by atoms with Gasteiger partial charge in [-0.2, -0.15) is 5.26 Å². The van der Waals surface area contributed by atoms with E-state index in [1.54, 1.807) is 18.3 Å². The van der Waals surface area contributed by atoms with Crippen LogP contribution in [0.4, 0.5) is 0 Å². The second-order valence-electron chi connectivity index (χ2n) is 5.97. The third-order valence-electron chi connectivity index (χ3n) is 4.72. The number of nitrogens with zero attached hydrogens (tertiary/aromatic N) is 2. The number of hydrogen-bond acceptors (Lipinski definition) is 3. The molecule has 2 bridgehead atoms. The normalized spacial score (nSPS) is 26.9. The monoisotopic (exact) mass is 280 g/mol. The Hall–Kier alpha value is -2.32. The molecular weight excluding hydrogens is 264 g/mol. The molecule has 2 fully saturated rings. The molecule has 0 aromatic carbocycles. The van der Waals surface area contributed by atoms with Gasteiger partial charge >= 0.3 is 0 Å². The first-order chi connectivity index (χ1) is 10.2. The Labute approximate surface area is 122 Å². The summed E-state index contributed by atoms with van der Waals surface area (Å²) in [4.78, 5) is 12.4. The molecule has 1 aliphatic carbocycles. The Morgan fingerprint density at radius 1 is 1.38 bits per heavy atom. The summed E-state index contributed by atoms with van der Waals surface area (Å²) in [6.07, 6.45) is 5.80. The zero-order valence-electron chi connectivity index (χ0n) is 11.5. The number of pyridine rings is 1. The average Bonchev–Trinajstić information content (AvgIpc) is 3.21. The van der Waals surface area contributed by atoms with E-state index in [2.05, 4.69) is 16.7 Å². The molecule has 2 N–H and O–H groups in total. The van der Waals surface area contributed by atoms with Crippen molar-refractivity contribution in [1.82, 2.24) is 15.0 Å². The van der Waals surface area contributed by atoms with Gasteiger partial charge in [0.1, 0.15) is 6.07 Å². The van der Waals surface area contributed by atoms with E-state index in [9.17, 15) is 4.79 Å². The van der Waals surface area contributed by atoms with E-state index in [4.69, 9.17) is 5.26 Å².